The number of fused-ring (bicyclic) bond motifs is 1. The minimum Gasteiger partial charge on any atom is -0.324 e. The van der Waals surface area contributed by atoms with Crippen molar-refractivity contribution in [1.29, 1.82) is 0 Å². The van der Waals surface area contributed by atoms with Gasteiger partial charge in [-0.05, 0) is 18.2 Å². The van der Waals surface area contributed by atoms with Crippen molar-refractivity contribution in [2.24, 2.45) is 4.40 Å². The van der Waals surface area contributed by atoms with Crippen molar-refractivity contribution >= 4 is 29.3 Å². The highest BCUT2D eigenvalue weighted by molar-refractivity contribution is 7.98. The van der Waals surface area contributed by atoms with Crippen LogP contribution in [0.3, 0.4) is 0 Å². The first-order chi connectivity index (χ1) is 9.65. The third kappa shape index (κ3) is 2.32. The third-order valence-corrected chi connectivity index (χ3v) is 3.67. The number of nitrogens with one attached hydrogen (secondary N) is 1. The van der Waals surface area contributed by atoms with Crippen LogP contribution in [0.25, 0.3) is 0 Å². The number of hydrogen-bond donors (Lipinski definition) is 1. The van der Waals surface area contributed by atoms with Crippen LogP contribution in [-0.4, -0.2) is 18.0 Å². The van der Waals surface area contributed by atoms with Crippen LogP contribution in [0.1, 0.15) is 0 Å². The Morgan fingerprint density at radius 1 is 1.15 bits per heavy atom. The van der Waals surface area contributed by atoms with Gasteiger partial charge in [0.2, 0.25) is 5.96 Å². The summed E-state index contributed by atoms with van der Waals surface area (Å²) < 4.78 is 30.7. The van der Waals surface area contributed by atoms with Gasteiger partial charge >= 0.3 is 0 Å². The highest BCUT2D eigenvalue weighted by Gasteiger charge is 2.19. The first kappa shape index (κ1) is 12.9. The molecule has 2 aromatic rings. The molecule has 4 nitrogen and oxygen atoms in total. The zero-order valence-electron chi connectivity index (χ0n) is 10.5. The van der Waals surface area contributed by atoms with Crippen molar-refractivity contribution in [3.63, 3.8) is 0 Å². The number of hydrogen-bond acceptors (Lipinski definition) is 5. The molecule has 2 heterocycles. The number of aromatic nitrogens is 1. The molecule has 1 aliphatic heterocycles. The molecule has 0 saturated carbocycles. The van der Waals surface area contributed by atoms with Crippen molar-refractivity contribution in [2.45, 2.75) is 4.90 Å². The molecule has 102 valence electrons. The molecule has 1 aliphatic rings. The van der Waals surface area contributed by atoms with Crippen molar-refractivity contribution in [3.05, 3.63) is 48.3 Å². The standard InChI is InChI=1S/C13H10F2N4S/c1-19(8-2-4-16-5-3-8)13-17-11-6-9(14)10(15)7-12(11)20-18-13/h2-7H,1H3,(H,17,18). The number of pyridine rings is 1. The number of rotatable bonds is 1. The molecule has 0 bridgehead atoms. The van der Waals surface area contributed by atoms with Gasteiger partial charge in [-0.1, -0.05) is 0 Å². The van der Waals surface area contributed by atoms with Crippen molar-refractivity contribution < 1.29 is 8.78 Å². The maximum Gasteiger partial charge on any atom is 0.214 e. The number of anilines is 2. The molecule has 0 amide bonds. The van der Waals surface area contributed by atoms with E-state index in [4.69, 9.17) is 0 Å². The molecule has 0 aliphatic carbocycles. The summed E-state index contributed by atoms with van der Waals surface area (Å²) in [5.74, 6) is -1.22. The summed E-state index contributed by atoms with van der Waals surface area (Å²) in [6.45, 7) is 0. The second-order valence-corrected chi connectivity index (χ2v) is 4.96. The van der Waals surface area contributed by atoms with Crippen LogP contribution in [0.4, 0.5) is 20.2 Å². The van der Waals surface area contributed by atoms with E-state index in [-0.39, 0.29) is 0 Å². The van der Waals surface area contributed by atoms with Crippen LogP contribution in [0.2, 0.25) is 0 Å². The van der Waals surface area contributed by atoms with E-state index in [2.05, 4.69) is 14.7 Å². The van der Waals surface area contributed by atoms with E-state index in [1.165, 1.54) is 0 Å². The van der Waals surface area contributed by atoms with Crippen LogP contribution in [0.15, 0.2) is 46.0 Å². The average molecular weight is 292 g/mol. The Balaban J connectivity index is 1.88. The topological polar surface area (TPSA) is 40.5 Å². The van der Waals surface area contributed by atoms with Crippen molar-refractivity contribution in [1.82, 2.24) is 4.98 Å². The van der Waals surface area contributed by atoms with Crippen LogP contribution in [-0.2, 0) is 0 Å². The fourth-order valence-electron chi connectivity index (χ4n) is 1.77. The van der Waals surface area contributed by atoms with E-state index >= 15 is 0 Å². The van der Waals surface area contributed by atoms with Crippen LogP contribution in [0, 0.1) is 11.6 Å². The predicted molar refractivity (Wildman–Crippen MR) is 75.9 cm³/mol. The molecule has 1 N–H and O–H groups in total. The molecule has 20 heavy (non-hydrogen) atoms. The maximum atomic E-state index is 13.3. The summed E-state index contributed by atoms with van der Waals surface area (Å²) in [7, 11) is 1.83. The first-order valence-corrected chi connectivity index (χ1v) is 6.57. The summed E-state index contributed by atoms with van der Waals surface area (Å²) >= 11 is 1.10. The Morgan fingerprint density at radius 2 is 1.85 bits per heavy atom. The van der Waals surface area contributed by atoms with E-state index in [1.807, 2.05) is 19.2 Å². The van der Waals surface area contributed by atoms with Gasteiger partial charge in [-0.15, -0.1) is 0 Å². The van der Waals surface area contributed by atoms with Gasteiger partial charge in [-0.25, -0.2) is 8.78 Å². The third-order valence-electron chi connectivity index (χ3n) is 2.87. The van der Waals surface area contributed by atoms with Crippen LogP contribution in [0.5, 0.6) is 0 Å². The maximum absolute atomic E-state index is 13.3. The summed E-state index contributed by atoms with van der Waals surface area (Å²) in [6.07, 6.45) is 3.34. The van der Waals surface area contributed by atoms with Gasteiger partial charge in [-0.3, -0.25) is 4.98 Å². The Kier molecular flexibility index (Phi) is 3.27. The molecule has 1 aromatic heterocycles. The summed E-state index contributed by atoms with van der Waals surface area (Å²) in [6, 6.07) is 5.92. The normalized spacial score (nSPS) is 13.2. The lowest BCUT2D eigenvalue weighted by atomic mass is 10.3. The fraction of sp³-hybridized carbons (Fsp3) is 0.0769. The predicted octanol–water partition coefficient (Wildman–Crippen LogP) is 3.28. The molecular formula is C13H10F2N4S. The highest BCUT2D eigenvalue weighted by Crippen LogP contribution is 2.34. The number of halogens is 2. The zero-order valence-corrected chi connectivity index (χ0v) is 11.3. The number of nitrogens with zero attached hydrogens (tertiary/aromatic N) is 3. The quantitative estimate of drug-likeness (QED) is 0.819. The number of benzene rings is 1. The Morgan fingerprint density at radius 3 is 2.60 bits per heavy atom. The van der Waals surface area contributed by atoms with Gasteiger partial charge in [0.05, 0.1) is 10.6 Å². The first-order valence-electron chi connectivity index (χ1n) is 5.80. The van der Waals surface area contributed by atoms with Gasteiger partial charge in [0.15, 0.2) is 11.6 Å². The molecule has 1 aromatic carbocycles. The van der Waals surface area contributed by atoms with Gasteiger partial charge in [0.1, 0.15) is 0 Å². The van der Waals surface area contributed by atoms with Crippen molar-refractivity contribution in [2.75, 3.05) is 17.3 Å². The molecule has 0 saturated heterocycles. The molecular weight excluding hydrogens is 282 g/mol. The van der Waals surface area contributed by atoms with E-state index < -0.39 is 11.6 Å². The van der Waals surface area contributed by atoms with E-state index in [1.54, 1.807) is 17.3 Å². The molecule has 0 unspecified atom stereocenters. The van der Waals surface area contributed by atoms with Gasteiger partial charge < -0.3 is 10.2 Å². The highest BCUT2D eigenvalue weighted by atomic mass is 32.2. The molecule has 0 atom stereocenters. The largest absolute Gasteiger partial charge is 0.324 e. The lowest BCUT2D eigenvalue weighted by Crippen LogP contribution is -2.34. The Labute approximate surface area is 118 Å². The SMILES string of the molecule is CN(C1=NSc2cc(F)c(F)cc2N1)c1ccncc1. The van der Waals surface area contributed by atoms with Crippen molar-refractivity contribution in [3.8, 4) is 0 Å². The second-order valence-electron chi connectivity index (χ2n) is 4.16. The second kappa shape index (κ2) is 5.09. The Hall–Kier alpha value is -2.15. The van der Waals surface area contributed by atoms with Gasteiger partial charge in [0.25, 0.3) is 0 Å². The average Bonchev–Trinajstić information content (AvgIpc) is 2.48. The fourth-order valence-corrected chi connectivity index (χ4v) is 2.49. The van der Waals surface area contributed by atoms with E-state index in [0.717, 1.165) is 29.8 Å². The van der Waals surface area contributed by atoms with E-state index in [9.17, 15) is 8.78 Å². The lowest BCUT2D eigenvalue weighted by Gasteiger charge is -2.25. The summed E-state index contributed by atoms with van der Waals surface area (Å²) in [5, 5.41) is 2.99. The molecule has 0 radical (unpaired) electrons. The summed E-state index contributed by atoms with van der Waals surface area (Å²) in [4.78, 5) is 6.30. The molecule has 7 heteroatoms. The smallest absolute Gasteiger partial charge is 0.214 e. The van der Waals surface area contributed by atoms with Crippen LogP contribution < -0.4 is 10.2 Å². The van der Waals surface area contributed by atoms with Gasteiger partial charge in [0, 0.05) is 43.1 Å². The number of guanidine groups is 1. The van der Waals surface area contributed by atoms with Gasteiger partial charge in [-0.2, -0.15) is 4.40 Å². The van der Waals surface area contributed by atoms with E-state index in [0.29, 0.717) is 16.5 Å². The minimum absolute atomic E-state index is 0.500. The monoisotopic (exact) mass is 292 g/mol. The lowest BCUT2D eigenvalue weighted by molar-refractivity contribution is 0.506. The Bertz CT molecular complexity index is 676. The zero-order chi connectivity index (χ0) is 14.1. The van der Waals surface area contributed by atoms with Crippen LogP contribution >= 0.6 is 11.9 Å². The minimum atomic E-state index is -0.885. The summed E-state index contributed by atoms with van der Waals surface area (Å²) in [5.41, 5.74) is 1.39. The molecule has 0 fully saturated rings. The molecule has 0 spiro atoms. The molecule has 3 rings (SSSR count).